The minimum Gasteiger partial charge on any atom is -0.507 e. The van der Waals surface area contributed by atoms with Crippen molar-refractivity contribution < 1.29 is 19.4 Å². The van der Waals surface area contributed by atoms with Crippen LogP contribution in [0.5, 0.6) is 0 Å². The molecule has 5 heteroatoms. The fourth-order valence-corrected chi connectivity index (χ4v) is 3.33. The molecule has 5 nitrogen and oxygen atoms in total. The van der Waals surface area contributed by atoms with Gasteiger partial charge >= 0.3 is 0 Å². The first-order valence-corrected chi connectivity index (χ1v) is 9.11. The molecule has 1 unspecified atom stereocenters. The van der Waals surface area contributed by atoms with Crippen molar-refractivity contribution in [2.75, 3.05) is 19.8 Å². The lowest BCUT2D eigenvalue weighted by Crippen LogP contribution is -2.31. The molecule has 0 saturated carbocycles. The third kappa shape index (κ3) is 3.93. The summed E-state index contributed by atoms with van der Waals surface area (Å²) in [4.78, 5) is 27.0. The number of benzene rings is 2. The smallest absolute Gasteiger partial charge is 0.295 e. The Morgan fingerprint density at radius 1 is 1.04 bits per heavy atom. The van der Waals surface area contributed by atoms with Crippen molar-refractivity contribution in [2.24, 2.45) is 0 Å². The Kier molecular flexibility index (Phi) is 6.04. The van der Waals surface area contributed by atoms with Crippen LogP contribution in [0.2, 0.25) is 0 Å². The summed E-state index contributed by atoms with van der Waals surface area (Å²) < 4.78 is 5.36. The van der Waals surface area contributed by atoms with Gasteiger partial charge in [-0.25, -0.2) is 0 Å². The van der Waals surface area contributed by atoms with E-state index >= 15 is 0 Å². The molecule has 1 aliphatic heterocycles. The topological polar surface area (TPSA) is 66.8 Å². The third-order valence-electron chi connectivity index (χ3n) is 4.59. The largest absolute Gasteiger partial charge is 0.507 e. The van der Waals surface area contributed by atoms with Crippen LogP contribution in [0.15, 0.2) is 66.2 Å². The Hall–Kier alpha value is -2.92. The van der Waals surface area contributed by atoms with Crippen molar-refractivity contribution in [3.8, 4) is 0 Å². The van der Waals surface area contributed by atoms with Gasteiger partial charge in [0.15, 0.2) is 0 Å². The van der Waals surface area contributed by atoms with Crippen molar-refractivity contribution in [1.29, 1.82) is 0 Å². The third-order valence-corrected chi connectivity index (χ3v) is 4.59. The Morgan fingerprint density at radius 2 is 1.67 bits per heavy atom. The molecule has 1 atom stereocenters. The number of ether oxygens (including phenoxy) is 1. The second kappa shape index (κ2) is 8.64. The predicted octanol–water partition coefficient (Wildman–Crippen LogP) is 3.53. The number of amides is 1. The van der Waals surface area contributed by atoms with Gasteiger partial charge in [-0.05, 0) is 18.9 Å². The SMILES string of the molecule is CCOCCCN1C(=O)C(=O)/C(=C(\O)c2ccccc2)C1c1ccccc1. The highest BCUT2D eigenvalue weighted by atomic mass is 16.5. The maximum atomic E-state index is 12.8. The first kappa shape index (κ1) is 18.9. The molecule has 1 N–H and O–H groups in total. The van der Waals surface area contributed by atoms with Gasteiger partial charge in [0, 0.05) is 25.3 Å². The van der Waals surface area contributed by atoms with Crippen LogP contribution in [0.1, 0.15) is 30.5 Å². The van der Waals surface area contributed by atoms with Gasteiger partial charge in [-0.2, -0.15) is 0 Å². The number of rotatable bonds is 7. The molecule has 1 aliphatic rings. The molecule has 1 fully saturated rings. The first-order valence-electron chi connectivity index (χ1n) is 9.11. The molecule has 0 aliphatic carbocycles. The van der Waals surface area contributed by atoms with Gasteiger partial charge in [0.05, 0.1) is 11.6 Å². The van der Waals surface area contributed by atoms with E-state index in [-0.39, 0.29) is 11.3 Å². The van der Waals surface area contributed by atoms with E-state index in [1.54, 1.807) is 24.3 Å². The van der Waals surface area contributed by atoms with Gasteiger partial charge in [-0.1, -0.05) is 60.7 Å². The second-order valence-electron chi connectivity index (χ2n) is 6.32. The molecule has 140 valence electrons. The number of carbonyl (C=O) groups excluding carboxylic acids is 2. The highest BCUT2D eigenvalue weighted by Gasteiger charge is 2.45. The van der Waals surface area contributed by atoms with E-state index in [1.807, 2.05) is 43.3 Å². The van der Waals surface area contributed by atoms with Crippen LogP contribution in [-0.4, -0.2) is 41.5 Å². The summed E-state index contributed by atoms with van der Waals surface area (Å²) in [6.45, 7) is 3.42. The summed E-state index contributed by atoms with van der Waals surface area (Å²) >= 11 is 0. The number of aliphatic hydroxyl groups excluding tert-OH is 1. The van der Waals surface area contributed by atoms with Gasteiger partial charge in [0.1, 0.15) is 5.76 Å². The number of Topliss-reactive ketones (excluding diaryl/α,β-unsaturated/α-hetero) is 1. The van der Waals surface area contributed by atoms with Crippen LogP contribution in [0.25, 0.3) is 5.76 Å². The Balaban J connectivity index is 2.03. The van der Waals surface area contributed by atoms with Crippen LogP contribution >= 0.6 is 0 Å². The van der Waals surface area contributed by atoms with E-state index < -0.39 is 17.7 Å². The van der Waals surface area contributed by atoms with Crippen LogP contribution in [-0.2, 0) is 14.3 Å². The summed E-state index contributed by atoms with van der Waals surface area (Å²) in [5.74, 6) is -1.38. The molecule has 0 bridgehead atoms. The summed E-state index contributed by atoms with van der Waals surface area (Å²) in [5, 5.41) is 10.8. The molecule has 2 aromatic rings. The molecule has 27 heavy (non-hydrogen) atoms. The van der Waals surface area contributed by atoms with E-state index in [0.29, 0.717) is 31.7 Å². The fraction of sp³-hybridized carbons (Fsp3) is 0.273. The molecule has 1 heterocycles. The summed E-state index contributed by atoms with van der Waals surface area (Å²) in [7, 11) is 0. The number of nitrogens with zero attached hydrogens (tertiary/aromatic N) is 1. The number of likely N-dealkylation sites (tertiary alicyclic amines) is 1. The average Bonchev–Trinajstić information content (AvgIpc) is 2.97. The van der Waals surface area contributed by atoms with Gasteiger partial charge < -0.3 is 14.7 Å². The molecule has 3 rings (SSSR count). The van der Waals surface area contributed by atoms with Gasteiger partial charge in [0.25, 0.3) is 11.7 Å². The van der Waals surface area contributed by atoms with Gasteiger partial charge in [0.2, 0.25) is 0 Å². The van der Waals surface area contributed by atoms with Gasteiger partial charge in [-0.15, -0.1) is 0 Å². The van der Waals surface area contributed by atoms with Crippen molar-refractivity contribution in [3.63, 3.8) is 0 Å². The number of ketones is 1. The zero-order valence-electron chi connectivity index (χ0n) is 15.3. The molecule has 1 saturated heterocycles. The molecular weight excluding hydrogens is 342 g/mol. The van der Waals surface area contributed by atoms with E-state index in [4.69, 9.17) is 4.74 Å². The number of hydrogen-bond acceptors (Lipinski definition) is 4. The first-order chi connectivity index (χ1) is 13.1. The van der Waals surface area contributed by atoms with Crippen molar-refractivity contribution in [1.82, 2.24) is 4.90 Å². The predicted molar refractivity (Wildman–Crippen MR) is 103 cm³/mol. The normalized spacial score (nSPS) is 18.9. The molecule has 2 aromatic carbocycles. The zero-order chi connectivity index (χ0) is 19.2. The standard InChI is InChI=1S/C22H23NO4/c1-2-27-15-9-14-23-19(16-10-5-3-6-11-16)18(21(25)22(23)26)20(24)17-12-7-4-8-13-17/h3-8,10-13,19,24H,2,9,14-15H2,1H3/b20-18-. The minimum absolute atomic E-state index is 0.133. The summed E-state index contributed by atoms with van der Waals surface area (Å²) in [6, 6.07) is 17.6. The monoisotopic (exact) mass is 365 g/mol. The van der Waals surface area contributed by atoms with Crippen LogP contribution in [0, 0.1) is 0 Å². The molecule has 0 radical (unpaired) electrons. The number of carbonyl (C=O) groups is 2. The molecule has 1 amide bonds. The van der Waals surface area contributed by atoms with E-state index in [2.05, 4.69) is 0 Å². The molecule has 0 spiro atoms. The van der Waals surface area contributed by atoms with Crippen LogP contribution in [0.3, 0.4) is 0 Å². The highest BCUT2D eigenvalue weighted by molar-refractivity contribution is 6.46. The second-order valence-corrected chi connectivity index (χ2v) is 6.32. The van der Waals surface area contributed by atoms with E-state index in [1.165, 1.54) is 4.90 Å². The zero-order valence-corrected chi connectivity index (χ0v) is 15.3. The van der Waals surface area contributed by atoms with Crippen molar-refractivity contribution >= 4 is 17.4 Å². The maximum absolute atomic E-state index is 12.8. The van der Waals surface area contributed by atoms with E-state index in [9.17, 15) is 14.7 Å². The fourth-order valence-electron chi connectivity index (χ4n) is 3.33. The number of aliphatic hydroxyl groups is 1. The van der Waals surface area contributed by atoms with Crippen molar-refractivity contribution in [3.05, 3.63) is 77.4 Å². The molecular formula is C22H23NO4. The van der Waals surface area contributed by atoms with Gasteiger partial charge in [-0.3, -0.25) is 9.59 Å². The summed E-state index contributed by atoms with van der Waals surface area (Å²) in [6.07, 6.45) is 0.621. The Labute approximate surface area is 158 Å². The lowest BCUT2D eigenvalue weighted by molar-refractivity contribution is -0.140. The van der Waals surface area contributed by atoms with Crippen LogP contribution < -0.4 is 0 Å². The minimum atomic E-state index is -0.651. The Bertz CT molecular complexity index is 830. The Morgan fingerprint density at radius 3 is 2.30 bits per heavy atom. The van der Waals surface area contributed by atoms with Crippen LogP contribution in [0.4, 0.5) is 0 Å². The van der Waals surface area contributed by atoms with E-state index in [0.717, 1.165) is 5.56 Å². The van der Waals surface area contributed by atoms with Crippen molar-refractivity contribution in [2.45, 2.75) is 19.4 Å². The highest BCUT2D eigenvalue weighted by Crippen LogP contribution is 2.39. The average molecular weight is 365 g/mol. The number of hydrogen-bond donors (Lipinski definition) is 1. The lowest BCUT2D eigenvalue weighted by Gasteiger charge is -2.25. The lowest BCUT2D eigenvalue weighted by atomic mass is 9.95. The maximum Gasteiger partial charge on any atom is 0.295 e. The summed E-state index contributed by atoms with van der Waals surface area (Å²) in [5.41, 5.74) is 1.45. The quantitative estimate of drug-likeness (QED) is 0.353. The molecule has 0 aromatic heterocycles.